The minimum absolute atomic E-state index is 0.571. The van der Waals surface area contributed by atoms with Gasteiger partial charge < -0.3 is 0 Å². The Hall–Kier alpha value is 0.250. The summed E-state index contributed by atoms with van der Waals surface area (Å²) in [6.45, 7) is 11.1. The Morgan fingerprint density at radius 3 is 1.92 bits per heavy atom. The molecule has 0 aliphatic carbocycles. The summed E-state index contributed by atoms with van der Waals surface area (Å²) >= 11 is 5.92. The van der Waals surface area contributed by atoms with E-state index in [9.17, 15) is 0 Å². The van der Waals surface area contributed by atoms with E-state index in [1.165, 1.54) is 6.42 Å². The zero-order valence-corrected chi connectivity index (χ0v) is 9.56. The third-order valence-electron chi connectivity index (χ3n) is 2.25. The highest BCUT2D eigenvalue weighted by atomic mass is 35.5. The third-order valence-corrected chi connectivity index (χ3v) is 2.61. The average Bonchev–Trinajstić information content (AvgIpc) is 2.04. The molecule has 0 N–H and O–H groups in total. The highest BCUT2D eigenvalue weighted by Crippen LogP contribution is 2.12. The van der Waals surface area contributed by atoms with Crippen molar-refractivity contribution in [2.75, 3.05) is 19.0 Å². The van der Waals surface area contributed by atoms with Crippen molar-refractivity contribution in [1.82, 2.24) is 4.90 Å². The molecule has 0 aliphatic heterocycles. The summed E-state index contributed by atoms with van der Waals surface area (Å²) in [5.41, 5.74) is 0. The molecule has 0 radical (unpaired) electrons. The molecule has 1 nitrogen and oxygen atoms in total. The van der Waals surface area contributed by atoms with E-state index in [1.54, 1.807) is 0 Å². The summed E-state index contributed by atoms with van der Waals surface area (Å²) in [4.78, 5) is 2.44. The van der Waals surface area contributed by atoms with Gasteiger partial charge >= 0.3 is 0 Å². The van der Waals surface area contributed by atoms with E-state index < -0.39 is 0 Å². The van der Waals surface area contributed by atoms with Crippen LogP contribution in [0, 0.1) is 5.92 Å². The van der Waals surface area contributed by atoms with E-state index in [0.717, 1.165) is 24.9 Å². The molecule has 0 heterocycles. The van der Waals surface area contributed by atoms with Gasteiger partial charge in [-0.1, -0.05) is 27.7 Å². The standard InChI is InChI=1S/C10H22ClN/c1-5-12(6-2)10(8-11)7-9(3)4/h9-10H,5-8H2,1-4H3. The molecule has 0 spiro atoms. The molecule has 0 aliphatic rings. The van der Waals surface area contributed by atoms with Gasteiger partial charge in [0.15, 0.2) is 0 Å². The molecule has 0 aromatic heterocycles. The van der Waals surface area contributed by atoms with Crippen molar-refractivity contribution < 1.29 is 0 Å². The van der Waals surface area contributed by atoms with Crippen molar-refractivity contribution >= 4 is 11.6 Å². The van der Waals surface area contributed by atoms with Crippen LogP contribution < -0.4 is 0 Å². The largest absolute Gasteiger partial charge is 0.300 e. The molecule has 1 atom stereocenters. The molecule has 0 bridgehead atoms. The smallest absolute Gasteiger partial charge is 0.0379 e. The van der Waals surface area contributed by atoms with E-state index in [0.29, 0.717) is 6.04 Å². The van der Waals surface area contributed by atoms with Crippen LogP contribution in [-0.2, 0) is 0 Å². The van der Waals surface area contributed by atoms with Gasteiger partial charge in [-0.25, -0.2) is 0 Å². The lowest BCUT2D eigenvalue weighted by molar-refractivity contribution is 0.208. The Morgan fingerprint density at radius 1 is 1.17 bits per heavy atom. The second-order valence-corrected chi connectivity index (χ2v) is 3.97. The molecular weight excluding hydrogens is 170 g/mol. The lowest BCUT2D eigenvalue weighted by Crippen LogP contribution is -2.37. The Morgan fingerprint density at radius 2 is 1.67 bits per heavy atom. The van der Waals surface area contributed by atoms with Gasteiger partial charge in [-0.15, -0.1) is 11.6 Å². The molecule has 12 heavy (non-hydrogen) atoms. The van der Waals surface area contributed by atoms with Crippen LogP contribution in [-0.4, -0.2) is 29.9 Å². The molecule has 0 amide bonds. The summed E-state index contributed by atoms with van der Waals surface area (Å²) in [6, 6.07) is 0.571. The van der Waals surface area contributed by atoms with Crippen LogP contribution in [0.4, 0.5) is 0 Å². The average molecular weight is 192 g/mol. The Balaban J connectivity index is 3.92. The summed E-state index contributed by atoms with van der Waals surface area (Å²) in [5, 5.41) is 0. The fourth-order valence-corrected chi connectivity index (χ4v) is 1.91. The monoisotopic (exact) mass is 191 g/mol. The highest BCUT2D eigenvalue weighted by Gasteiger charge is 2.15. The zero-order chi connectivity index (χ0) is 9.56. The first-order chi connectivity index (χ1) is 5.65. The lowest BCUT2D eigenvalue weighted by Gasteiger charge is -2.29. The Kier molecular flexibility index (Phi) is 6.87. The van der Waals surface area contributed by atoms with Crippen molar-refractivity contribution in [2.24, 2.45) is 5.92 Å². The molecule has 1 unspecified atom stereocenters. The van der Waals surface area contributed by atoms with Crippen molar-refractivity contribution in [3.63, 3.8) is 0 Å². The molecule has 0 fully saturated rings. The Labute approximate surface area is 82.1 Å². The van der Waals surface area contributed by atoms with Gasteiger partial charge in [-0.2, -0.15) is 0 Å². The molecule has 0 rings (SSSR count). The van der Waals surface area contributed by atoms with Gasteiger partial charge in [0.05, 0.1) is 0 Å². The third kappa shape index (κ3) is 4.32. The quantitative estimate of drug-likeness (QED) is 0.584. The fraction of sp³-hybridized carbons (Fsp3) is 1.00. The van der Waals surface area contributed by atoms with Crippen molar-refractivity contribution in [3.8, 4) is 0 Å². The van der Waals surface area contributed by atoms with Crippen molar-refractivity contribution in [3.05, 3.63) is 0 Å². The van der Waals surface area contributed by atoms with Crippen LogP contribution >= 0.6 is 11.6 Å². The summed E-state index contributed by atoms with van der Waals surface area (Å²) in [6.07, 6.45) is 1.21. The number of alkyl halides is 1. The van der Waals surface area contributed by atoms with E-state index in [4.69, 9.17) is 11.6 Å². The zero-order valence-electron chi connectivity index (χ0n) is 8.81. The number of rotatable bonds is 6. The lowest BCUT2D eigenvalue weighted by atomic mass is 10.0. The predicted octanol–water partition coefficient (Wildman–Crippen LogP) is 2.98. The van der Waals surface area contributed by atoms with Crippen LogP contribution in [0.15, 0.2) is 0 Å². The first-order valence-electron chi connectivity index (χ1n) is 4.95. The van der Waals surface area contributed by atoms with Gasteiger partial charge in [-0.3, -0.25) is 4.90 Å². The maximum Gasteiger partial charge on any atom is 0.0379 e. The van der Waals surface area contributed by atoms with Gasteiger partial charge in [0, 0.05) is 11.9 Å². The summed E-state index contributed by atoms with van der Waals surface area (Å²) < 4.78 is 0. The van der Waals surface area contributed by atoms with Gasteiger partial charge in [0.25, 0.3) is 0 Å². The highest BCUT2D eigenvalue weighted by molar-refractivity contribution is 6.18. The molecule has 0 saturated carbocycles. The number of halogens is 1. The first-order valence-corrected chi connectivity index (χ1v) is 5.49. The fourth-order valence-electron chi connectivity index (χ4n) is 1.59. The van der Waals surface area contributed by atoms with Gasteiger partial charge in [0.2, 0.25) is 0 Å². The minimum Gasteiger partial charge on any atom is -0.300 e. The van der Waals surface area contributed by atoms with E-state index in [1.807, 2.05) is 0 Å². The molecule has 2 heteroatoms. The number of nitrogens with zero attached hydrogens (tertiary/aromatic N) is 1. The van der Waals surface area contributed by atoms with E-state index in [-0.39, 0.29) is 0 Å². The molecule has 0 saturated heterocycles. The minimum atomic E-state index is 0.571. The molecule has 74 valence electrons. The van der Waals surface area contributed by atoms with E-state index in [2.05, 4.69) is 32.6 Å². The number of hydrogen-bond acceptors (Lipinski definition) is 1. The van der Waals surface area contributed by atoms with Crippen LogP contribution in [0.1, 0.15) is 34.1 Å². The maximum atomic E-state index is 5.92. The van der Waals surface area contributed by atoms with Gasteiger partial charge in [0.1, 0.15) is 0 Å². The topological polar surface area (TPSA) is 3.24 Å². The first kappa shape index (κ1) is 12.2. The number of hydrogen-bond donors (Lipinski definition) is 0. The second kappa shape index (κ2) is 6.73. The maximum absolute atomic E-state index is 5.92. The van der Waals surface area contributed by atoms with Crippen LogP contribution in [0.2, 0.25) is 0 Å². The normalized spacial score (nSPS) is 14.2. The summed E-state index contributed by atoms with van der Waals surface area (Å²) in [7, 11) is 0. The second-order valence-electron chi connectivity index (χ2n) is 3.66. The summed E-state index contributed by atoms with van der Waals surface area (Å²) in [5.74, 6) is 1.51. The SMILES string of the molecule is CCN(CC)C(CCl)CC(C)C. The van der Waals surface area contributed by atoms with Gasteiger partial charge in [-0.05, 0) is 25.4 Å². The molecule has 0 aromatic carbocycles. The molecular formula is C10H22ClN. The van der Waals surface area contributed by atoms with E-state index >= 15 is 0 Å². The van der Waals surface area contributed by atoms with Crippen LogP contribution in [0.25, 0.3) is 0 Å². The Bertz CT molecular complexity index is 100. The van der Waals surface area contributed by atoms with Crippen molar-refractivity contribution in [1.29, 1.82) is 0 Å². The van der Waals surface area contributed by atoms with Crippen LogP contribution in [0.3, 0.4) is 0 Å². The molecule has 0 aromatic rings. The van der Waals surface area contributed by atoms with Crippen molar-refractivity contribution in [2.45, 2.75) is 40.2 Å². The van der Waals surface area contributed by atoms with Crippen LogP contribution in [0.5, 0.6) is 0 Å². The predicted molar refractivity (Wildman–Crippen MR) is 56.9 cm³/mol.